The minimum Gasteiger partial charge on any atom is -0.493 e. The average Bonchev–Trinajstić information content (AvgIpc) is 2.78. The lowest BCUT2D eigenvalue weighted by molar-refractivity contribution is -0.125. The van der Waals surface area contributed by atoms with Crippen LogP contribution >= 0.6 is 0 Å². The lowest BCUT2D eigenvalue weighted by atomic mass is 10.0. The number of amides is 3. The molecule has 1 atom stereocenters. The molecule has 7 heteroatoms. The molecule has 0 heterocycles. The molecule has 0 bridgehead atoms. The number of hydrogen-bond donors (Lipinski definition) is 2. The molecule has 3 amide bonds. The Morgan fingerprint density at radius 1 is 1.19 bits per heavy atom. The Bertz CT molecular complexity index is 721. The maximum Gasteiger partial charge on any atom is 0.258 e. The van der Waals surface area contributed by atoms with E-state index >= 15 is 0 Å². The van der Waals surface area contributed by atoms with Gasteiger partial charge in [-0.15, -0.1) is 0 Å². The first-order valence-electron chi connectivity index (χ1n) is 11.0. The number of carbonyl (C=O) groups excluding carboxylic acids is 3. The number of benzene rings is 1. The van der Waals surface area contributed by atoms with Crippen molar-refractivity contribution in [3.8, 4) is 5.75 Å². The summed E-state index contributed by atoms with van der Waals surface area (Å²) < 4.78 is 5.97. The minimum absolute atomic E-state index is 0.162. The fourth-order valence-corrected chi connectivity index (χ4v) is 3.25. The number of nitrogens with two attached hydrogens (primary N) is 1. The summed E-state index contributed by atoms with van der Waals surface area (Å²) in [5.41, 5.74) is 6.70. The van der Waals surface area contributed by atoms with E-state index in [0.717, 1.165) is 32.2 Å². The first-order valence-corrected chi connectivity index (χ1v) is 11.0. The van der Waals surface area contributed by atoms with Gasteiger partial charge in [-0.2, -0.15) is 0 Å². The van der Waals surface area contributed by atoms with Crippen LogP contribution in [0.4, 0.5) is 0 Å². The Morgan fingerprint density at radius 3 is 2.52 bits per heavy atom. The fourth-order valence-electron chi connectivity index (χ4n) is 3.25. The van der Waals surface area contributed by atoms with Crippen molar-refractivity contribution in [3.63, 3.8) is 0 Å². The summed E-state index contributed by atoms with van der Waals surface area (Å²) >= 11 is 0. The molecule has 0 fully saturated rings. The standard InChI is InChI=1S/C24H37N3O4/c1-4-20-12-11-13-21(31-17-10-8-6-5-7-9-16-25)23(20)24(30)27(3)19(2)14-15-22(29)26-18-28/h4,11-13,18-19H,1,5-10,14-17,25H2,2-3H3,(H,26,28,29). The fraction of sp³-hybridized carbons (Fsp3) is 0.542. The van der Waals surface area contributed by atoms with E-state index < -0.39 is 0 Å². The molecular formula is C24H37N3O4. The summed E-state index contributed by atoms with van der Waals surface area (Å²) in [6.07, 6.45) is 9.19. The smallest absolute Gasteiger partial charge is 0.258 e. The van der Waals surface area contributed by atoms with Gasteiger partial charge in [-0.1, -0.05) is 50.5 Å². The Balaban J connectivity index is 2.72. The van der Waals surface area contributed by atoms with Crippen LogP contribution in [0, 0.1) is 0 Å². The second kappa shape index (κ2) is 15.2. The lowest BCUT2D eigenvalue weighted by Crippen LogP contribution is -2.36. The lowest BCUT2D eigenvalue weighted by Gasteiger charge is -2.26. The summed E-state index contributed by atoms with van der Waals surface area (Å²) in [6.45, 7) is 6.99. The second-order valence-electron chi connectivity index (χ2n) is 7.67. The Hall–Kier alpha value is -2.67. The van der Waals surface area contributed by atoms with Gasteiger partial charge >= 0.3 is 0 Å². The molecule has 0 aromatic heterocycles. The third-order valence-electron chi connectivity index (χ3n) is 5.34. The molecule has 0 radical (unpaired) electrons. The van der Waals surface area contributed by atoms with Crippen molar-refractivity contribution >= 4 is 24.3 Å². The van der Waals surface area contributed by atoms with E-state index in [2.05, 4.69) is 11.9 Å². The number of unbranched alkanes of at least 4 members (excludes halogenated alkanes) is 5. The van der Waals surface area contributed by atoms with Gasteiger partial charge in [-0.05, 0) is 44.4 Å². The van der Waals surface area contributed by atoms with Crippen molar-refractivity contribution in [3.05, 3.63) is 35.9 Å². The number of hydrogen-bond acceptors (Lipinski definition) is 5. The maximum absolute atomic E-state index is 13.2. The number of nitrogens with one attached hydrogen (secondary N) is 1. The molecule has 0 aliphatic heterocycles. The monoisotopic (exact) mass is 431 g/mol. The number of carbonyl (C=O) groups is 3. The normalized spacial score (nSPS) is 11.5. The molecule has 172 valence electrons. The van der Waals surface area contributed by atoms with Gasteiger partial charge < -0.3 is 15.4 Å². The molecule has 7 nitrogen and oxygen atoms in total. The highest BCUT2D eigenvalue weighted by Gasteiger charge is 2.23. The van der Waals surface area contributed by atoms with Crippen LogP contribution in [0.2, 0.25) is 0 Å². The van der Waals surface area contributed by atoms with Crippen LogP contribution in [0.25, 0.3) is 6.08 Å². The van der Waals surface area contributed by atoms with Crippen molar-refractivity contribution in [2.75, 3.05) is 20.2 Å². The molecule has 31 heavy (non-hydrogen) atoms. The van der Waals surface area contributed by atoms with Gasteiger partial charge in [0, 0.05) is 19.5 Å². The van der Waals surface area contributed by atoms with Crippen molar-refractivity contribution in [1.82, 2.24) is 10.2 Å². The molecule has 0 saturated carbocycles. The molecule has 0 spiro atoms. The first kappa shape index (κ1) is 26.4. The van der Waals surface area contributed by atoms with Crippen LogP contribution in [-0.4, -0.2) is 49.4 Å². The molecule has 0 aliphatic rings. The van der Waals surface area contributed by atoms with Crippen LogP contribution in [0.5, 0.6) is 5.75 Å². The van der Waals surface area contributed by atoms with Gasteiger partial charge in [0.15, 0.2) is 0 Å². The number of ether oxygens (including phenoxy) is 1. The van der Waals surface area contributed by atoms with Crippen molar-refractivity contribution in [2.45, 2.75) is 64.3 Å². The predicted octanol–water partition coefficient (Wildman–Crippen LogP) is 3.52. The summed E-state index contributed by atoms with van der Waals surface area (Å²) in [7, 11) is 1.70. The van der Waals surface area contributed by atoms with Gasteiger partial charge in [0.25, 0.3) is 5.91 Å². The van der Waals surface area contributed by atoms with E-state index in [4.69, 9.17) is 10.5 Å². The summed E-state index contributed by atoms with van der Waals surface area (Å²) in [4.78, 5) is 36.7. The average molecular weight is 432 g/mol. The van der Waals surface area contributed by atoms with Crippen molar-refractivity contribution in [2.24, 2.45) is 5.73 Å². The molecule has 1 aromatic rings. The van der Waals surface area contributed by atoms with E-state index in [9.17, 15) is 14.4 Å². The highest BCUT2D eigenvalue weighted by atomic mass is 16.5. The van der Waals surface area contributed by atoms with Crippen LogP contribution in [0.3, 0.4) is 0 Å². The van der Waals surface area contributed by atoms with E-state index in [0.29, 0.717) is 36.3 Å². The summed E-state index contributed by atoms with van der Waals surface area (Å²) in [5, 5.41) is 2.11. The van der Waals surface area contributed by atoms with Crippen molar-refractivity contribution in [1.29, 1.82) is 0 Å². The van der Waals surface area contributed by atoms with Crippen molar-refractivity contribution < 1.29 is 19.1 Å². The molecule has 3 N–H and O–H groups in total. The maximum atomic E-state index is 13.2. The minimum atomic E-state index is -0.360. The SMILES string of the molecule is C=Cc1cccc(OCCCCCCCCN)c1C(=O)N(C)C(C)CCC(=O)NC=O. The number of imide groups is 1. The third-order valence-corrected chi connectivity index (χ3v) is 5.34. The quantitative estimate of drug-likeness (QED) is 0.308. The highest BCUT2D eigenvalue weighted by Crippen LogP contribution is 2.26. The molecule has 1 aromatic carbocycles. The zero-order valence-electron chi connectivity index (χ0n) is 18.9. The van der Waals surface area contributed by atoms with E-state index in [1.807, 2.05) is 19.1 Å². The number of nitrogens with zero attached hydrogens (tertiary/aromatic N) is 1. The van der Waals surface area contributed by atoms with Crippen LogP contribution < -0.4 is 15.8 Å². The Morgan fingerprint density at radius 2 is 1.87 bits per heavy atom. The molecular weight excluding hydrogens is 394 g/mol. The topological polar surface area (TPSA) is 102 Å². The van der Waals surface area contributed by atoms with Gasteiger partial charge in [-0.3, -0.25) is 19.7 Å². The summed E-state index contributed by atoms with van der Waals surface area (Å²) in [5.74, 6) is 0.0000928. The van der Waals surface area contributed by atoms with Crippen LogP contribution in [0.15, 0.2) is 24.8 Å². The van der Waals surface area contributed by atoms with Crippen LogP contribution in [-0.2, 0) is 9.59 Å². The summed E-state index contributed by atoms with van der Waals surface area (Å²) in [6, 6.07) is 5.30. The number of rotatable bonds is 16. The van der Waals surface area contributed by atoms with Gasteiger partial charge in [0.2, 0.25) is 12.3 Å². The van der Waals surface area contributed by atoms with Gasteiger partial charge in [0.05, 0.1) is 12.2 Å². The molecule has 0 saturated heterocycles. The Labute approximate surface area is 186 Å². The van der Waals surface area contributed by atoms with E-state index in [1.165, 1.54) is 12.8 Å². The van der Waals surface area contributed by atoms with Crippen LogP contribution in [0.1, 0.15) is 74.2 Å². The zero-order chi connectivity index (χ0) is 23.1. The molecule has 1 unspecified atom stereocenters. The predicted molar refractivity (Wildman–Crippen MR) is 124 cm³/mol. The van der Waals surface area contributed by atoms with Gasteiger partial charge in [-0.25, -0.2) is 0 Å². The first-order chi connectivity index (χ1) is 15.0. The second-order valence-corrected chi connectivity index (χ2v) is 7.67. The van der Waals surface area contributed by atoms with E-state index in [-0.39, 0.29) is 24.3 Å². The van der Waals surface area contributed by atoms with E-state index in [1.54, 1.807) is 24.1 Å². The highest BCUT2D eigenvalue weighted by molar-refractivity contribution is 6.00. The third kappa shape index (κ3) is 9.34. The van der Waals surface area contributed by atoms with Gasteiger partial charge in [0.1, 0.15) is 5.75 Å². The molecule has 0 aliphatic carbocycles. The molecule has 1 rings (SSSR count). The Kier molecular flexibility index (Phi) is 12.9. The largest absolute Gasteiger partial charge is 0.493 e. The zero-order valence-corrected chi connectivity index (χ0v) is 18.9.